The van der Waals surface area contributed by atoms with Gasteiger partial charge in [-0.05, 0) is 43.1 Å². The molecule has 2 aliphatic carbocycles. The molecule has 20 heavy (non-hydrogen) atoms. The van der Waals surface area contributed by atoms with Crippen LogP contribution in [0, 0.1) is 5.92 Å². The molecule has 0 radical (unpaired) electrons. The zero-order valence-corrected chi connectivity index (χ0v) is 12.1. The van der Waals surface area contributed by atoms with Gasteiger partial charge < -0.3 is 5.11 Å². The van der Waals surface area contributed by atoms with Gasteiger partial charge in [0.05, 0.1) is 0 Å². The highest BCUT2D eigenvalue weighted by atomic mass is 16.3. The van der Waals surface area contributed by atoms with Gasteiger partial charge in [-0.15, -0.1) is 0 Å². The van der Waals surface area contributed by atoms with E-state index in [1.807, 2.05) is 18.2 Å². The summed E-state index contributed by atoms with van der Waals surface area (Å²) in [5.74, 6) is 0.666. The van der Waals surface area contributed by atoms with Crippen LogP contribution in [-0.4, -0.2) is 17.0 Å². The second kappa shape index (κ2) is 6.09. The zero-order chi connectivity index (χ0) is 13.9. The molecule has 0 saturated heterocycles. The fourth-order valence-electron chi connectivity index (χ4n) is 3.62. The Balaban J connectivity index is 1.79. The van der Waals surface area contributed by atoms with Crippen molar-refractivity contribution < 1.29 is 9.90 Å². The van der Waals surface area contributed by atoms with Crippen LogP contribution >= 0.6 is 0 Å². The maximum Gasteiger partial charge on any atom is 0.191 e. The van der Waals surface area contributed by atoms with E-state index >= 15 is 0 Å². The van der Waals surface area contributed by atoms with E-state index in [1.165, 1.54) is 31.2 Å². The molecule has 1 unspecified atom stereocenters. The smallest absolute Gasteiger partial charge is 0.191 e. The Labute approximate surface area is 121 Å². The Bertz CT molecular complexity index is 470. The van der Waals surface area contributed by atoms with Gasteiger partial charge >= 0.3 is 0 Å². The lowest BCUT2D eigenvalue weighted by Crippen LogP contribution is -2.32. The summed E-state index contributed by atoms with van der Waals surface area (Å²) in [4.78, 5) is 12.7. The van der Waals surface area contributed by atoms with E-state index in [0.29, 0.717) is 5.92 Å². The first kappa shape index (κ1) is 13.8. The number of benzene rings is 1. The topological polar surface area (TPSA) is 37.3 Å². The van der Waals surface area contributed by atoms with Gasteiger partial charge in [-0.2, -0.15) is 0 Å². The average molecular weight is 272 g/mol. The normalized spacial score (nSPS) is 22.2. The predicted octanol–water partition coefficient (Wildman–Crippen LogP) is 4.08. The number of carbonyl (C=O) groups excluding carboxylic acids is 1. The lowest BCUT2D eigenvalue weighted by atomic mass is 9.76. The van der Waals surface area contributed by atoms with E-state index in [0.717, 1.165) is 31.2 Å². The maximum absolute atomic E-state index is 12.7. The van der Waals surface area contributed by atoms with Crippen molar-refractivity contribution in [2.24, 2.45) is 5.92 Å². The molecule has 1 N–H and O–H groups in total. The van der Waals surface area contributed by atoms with Gasteiger partial charge in [0.2, 0.25) is 0 Å². The minimum atomic E-state index is -0.795. The number of carbonyl (C=O) groups is 1. The molecule has 1 atom stereocenters. The number of rotatable bonds is 4. The highest BCUT2D eigenvalue weighted by Crippen LogP contribution is 2.38. The summed E-state index contributed by atoms with van der Waals surface area (Å²) in [5.41, 5.74) is 1.94. The van der Waals surface area contributed by atoms with Gasteiger partial charge in [-0.3, -0.25) is 4.79 Å². The van der Waals surface area contributed by atoms with E-state index < -0.39 is 6.10 Å². The van der Waals surface area contributed by atoms with Gasteiger partial charge in [0.25, 0.3) is 0 Å². The van der Waals surface area contributed by atoms with Crippen molar-refractivity contribution in [3.8, 4) is 0 Å². The van der Waals surface area contributed by atoms with Gasteiger partial charge in [-0.1, -0.05) is 49.9 Å². The van der Waals surface area contributed by atoms with Crippen LogP contribution in [0.4, 0.5) is 0 Å². The van der Waals surface area contributed by atoms with E-state index in [9.17, 15) is 9.90 Å². The molecule has 0 amide bonds. The lowest BCUT2D eigenvalue weighted by molar-refractivity contribution is 0.0532. The summed E-state index contributed by atoms with van der Waals surface area (Å²) in [6.45, 7) is 0. The quantitative estimate of drug-likeness (QED) is 0.839. The SMILES string of the molecule is O=C(c1ccccc1C1CCC1)C(O)C1CCCCC1. The summed E-state index contributed by atoms with van der Waals surface area (Å²) < 4.78 is 0. The van der Waals surface area contributed by atoms with Crippen LogP contribution in [0.1, 0.15) is 73.2 Å². The Morgan fingerprint density at radius 3 is 2.35 bits per heavy atom. The van der Waals surface area contributed by atoms with Gasteiger partial charge in [0.15, 0.2) is 5.78 Å². The first-order chi connectivity index (χ1) is 9.77. The van der Waals surface area contributed by atoms with Gasteiger partial charge in [-0.25, -0.2) is 0 Å². The van der Waals surface area contributed by atoms with Crippen LogP contribution in [0.15, 0.2) is 24.3 Å². The van der Waals surface area contributed by atoms with Crippen LogP contribution in [-0.2, 0) is 0 Å². The molecule has 0 bridgehead atoms. The molecule has 2 fully saturated rings. The van der Waals surface area contributed by atoms with E-state index in [2.05, 4.69) is 6.07 Å². The molecule has 3 rings (SSSR count). The molecular weight excluding hydrogens is 248 g/mol. The van der Waals surface area contributed by atoms with Crippen molar-refractivity contribution in [2.75, 3.05) is 0 Å². The van der Waals surface area contributed by atoms with Gasteiger partial charge in [0, 0.05) is 5.56 Å². The number of hydrogen-bond acceptors (Lipinski definition) is 2. The third-order valence-corrected chi connectivity index (χ3v) is 5.14. The van der Waals surface area contributed by atoms with Crippen LogP contribution < -0.4 is 0 Å². The van der Waals surface area contributed by atoms with E-state index in [-0.39, 0.29) is 11.7 Å². The van der Waals surface area contributed by atoms with Crippen LogP contribution in [0.3, 0.4) is 0 Å². The Morgan fingerprint density at radius 1 is 1.00 bits per heavy atom. The zero-order valence-electron chi connectivity index (χ0n) is 12.1. The molecule has 2 nitrogen and oxygen atoms in total. The molecule has 1 aromatic carbocycles. The van der Waals surface area contributed by atoms with Crippen molar-refractivity contribution in [1.29, 1.82) is 0 Å². The summed E-state index contributed by atoms with van der Waals surface area (Å²) in [7, 11) is 0. The first-order valence-corrected chi connectivity index (χ1v) is 8.08. The number of aliphatic hydroxyl groups excluding tert-OH is 1. The molecule has 0 heterocycles. The van der Waals surface area contributed by atoms with Gasteiger partial charge in [0.1, 0.15) is 6.10 Å². The van der Waals surface area contributed by atoms with Crippen molar-refractivity contribution in [2.45, 2.75) is 63.4 Å². The molecule has 2 saturated carbocycles. The number of hydrogen-bond donors (Lipinski definition) is 1. The molecule has 2 aliphatic rings. The molecule has 0 aromatic heterocycles. The second-order valence-corrected chi connectivity index (χ2v) is 6.42. The van der Waals surface area contributed by atoms with E-state index in [1.54, 1.807) is 0 Å². The first-order valence-electron chi connectivity index (χ1n) is 8.08. The van der Waals surface area contributed by atoms with Crippen molar-refractivity contribution in [3.63, 3.8) is 0 Å². The molecule has 2 heteroatoms. The van der Waals surface area contributed by atoms with Crippen LogP contribution in [0.2, 0.25) is 0 Å². The summed E-state index contributed by atoms with van der Waals surface area (Å²) in [6, 6.07) is 7.91. The van der Waals surface area contributed by atoms with Crippen molar-refractivity contribution >= 4 is 5.78 Å². The van der Waals surface area contributed by atoms with Crippen molar-refractivity contribution in [3.05, 3.63) is 35.4 Å². The maximum atomic E-state index is 12.7. The largest absolute Gasteiger partial charge is 0.385 e. The third-order valence-electron chi connectivity index (χ3n) is 5.14. The standard InChI is InChI=1S/C18H24O2/c19-17(14-7-2-1-3-8-14)18(20)16-12-5-4-11-15(16)13-9-6-10-13/h4-5,11-14,17,19H,1-3,6-10H2. The summed E-state index contributed by atoms with van der Waals surface area (Å²) >= 11 is 0. The molecule has 0 aliphatic heterocycles. The van der Waals surface area contributed by atoms with Crippen LogP contribution in [0.5, 0.6) is 0 Å². The van der Waals surface area contributed by atoms with E-state index in [4.69, 9.17) is 0 Å². The lowest BCUT2D eigenvalue weighted by Gasteiger charge is -2.30. The number of ketones is 1. The summed E-state index contributed by atoms with van der Waals surface area (Å²) in [5, 5.41) is 10.4. The minimum Gasteiger partial charge on any atom is -0.385 e. The highest BCUT2D eigenvalue weighted by Gasteiger charge is 2.31. The van der Waals surface area contributed by atoms with Crippen LogP contribution in [0.25, 0.3) is 0 Å². The minimum absolute atomic E-state index is 0.0422. The fourth-order valence-corrected chi connectivity index (χ4v) is 3.62. The Hall–Kier alpha value is -1.15. The van der Waals surface area contributed by atoms with Crippen molar-refractivity contribution in [1.82, 2.24) is 0 Å². The molecule has 1 aromatic rings. The fraction of sp³-hybridized carbons (Fsp3) is 0.611. The Kier molecular flexibility index (Phi) is 4.21. The number of Topliss-reactive ketones (excluding diaryl/α,β-unsaturated/α-hetero) is 1. The summed E-state index contributed by atoms with van der Waals surface area (Å²) in [6.07, 6.45) is 8.38. The average Bonchev–Trinajstić information content (AvgIpc) is 2.45. The third kappa shape index (κ3) is 2.67. The molecular formula is C18H24O2. The Morgan fingerprint density at radius 2 is 1.70 bits per heavy atom. The number of aliphatic hydroxyl groups is 1. The molecule has 0 spiro atoms. The second-order valence-electron chi connectivity index (χ2n) is 6.42. The predicted molar refractivity (Wildman–Crippen MR) is 79.9 cm³/mol. The monoisotopic (exact) mass is 272 g/mol. The molecule has 108 valence electrons. The highest BCUT2D eigenvalue weighted by molar-refractivity contribution is 6.01.